The third kappa shape index (κ3) is 1.49. The molecule has 0 radical (unpaired) electrons. The standard InChI is InChI=1S/C7H9NOSe/c1-8(2)7(9)6-4-3-5-10-6/h3-5H,1-2H3. The number of rotatable bonds is 1. The summed E-state index contributed by atoms with van der Waals surface area (Å²) in [6.07, 6.45) is 0. The second-order valence-corrected chi connectivity index (χ2v) is 4.17. The molecule has 0 N–H and O–H groups in total. The van der Waals surface area contributed by atoms with Crippen LogP contribution >= 0.6 is 0 Å². The number of carbonyl (C=O) groups is 1. The molecule has 0 fully saturated rings. The first kappa shape index (κ1) is 7.58. The average molecular weight is 202 g/mol. The van der Waals surface area contributed by atoms with Crippen LogP contribution in [0.3, 0.4) is 0 Å². The second kappa shape index (κ2) is 3.04. The van der Waals surface area contributed by atoms with E-state index in [1.165, 1.54) is 0 Å². The molecule has 0 saturated carbocycles. The van der Waals surface area contributed by atoms with E-state index in [4.69, 9.17) is 0 Å². The van der Waals surface area contributed by atoms with E-state index >= 15 is 0 Å². The normalized spacial score (nSPS) is 9.40. The van der Waals surface area contributed by atoms with Crippen molar-refractivity contribution in [2.45, 2.75) is 0 Å². The fourth-order valence-electron chi connectivity index (χ4n) is 0.621. The van der Waals surface area contributed by atoms with Gasteiger partial charge in [0.15, 0.2) is 0 Å². The number of amides is 1. The van der Waals surface area contributed by atoms with Gasteiger partial charge in [-0.2, -0.15) is 0 Å². The molecule has 2 nitrogen and oxygen atoms in total. The third-order valence-electron chi connectivity index (χ3n) is 1.14. The molecule has 0 unspecified atom stereocenters. The van der Waals surface area contributed by atoms with E-state index in [0.717, 1.165) is 4.44 Å². The first-order valence-electron chi connectivity index (χ1n) is 2.97. The molecular formula is C7H9NOSe. The van der Waals surface area contributed by atoms with Crippen LogP contribution in [0.2, 0.25) is 0 Å². The van der Waals surface area contributed by atoms with Crippen molar-refractivity contribution >= 4 is 20.4 Å². The summed E-state index contributed by atoms with van der Waals surface area (Å²) >= 11 is 0.279. The Morgan fingerprint density at radius 3 is 2.70 bits per heavy atom. The minimum atomic E-state index is 0.144. The molecule has 0 aromatic carbocycles. The van der Waals surface area contributed by atoms with Gasteiger partial charge in [-0.3, -0.25) is 0 Å². The Balaban J connectivity index is 2.78. The van der Waals surface area contributed by atoms with Crippen molar-refractivity contribution < 1.29 is 4.79 Å². The molecule has 0 saturated heterocycles. The zero-order chi connectivity index (χ0) is 7.56. The molecule has 54 valence electrons. The van der Waals surface area contributed by atoms with Gasteiger partial charge >= 0.3 is 65.7 Å². The van der Waals surface area contributed by atoms with Gasteiger partial charge in [-0.15, -0.1) is 0 Å². The summed E-state index contributed by atoms with van der Waals surface area (Å²) in [5, 5.41) is 0. The molecule has 0 aliphatic heterocycles. The maximum absolute atomic E-state index is 11.2. The van der Waals surface area contributed by atoms with Crippen LogP contribution in [0.1, 0.15) is 9.23 Å². The SMILES string of the molecule is CN(C)C(=O)c1ccc[se]1. The van der Waals surface area contributed by atoms with Crippen molar-refractivity contribution in [3.63, 3.8) is 0 Å². The van der Waals surface area contributed by atoms with Gasteiger partial charge in [0.2, 0.25) is 0 Å². The summed E-state index contributed by atoms with van der Waals surface area (Å²) < 4.78 is 0.942. The second-order valence-electron chi connectivity index (χ2n) is 2.18. The number of hydrogen-bond acceptors (Lipinski definition) is 1. The van der Waals surface area contributed by atoms with Gasteiger partial charge in [-0.25, -0.2) is 0 Å². The van der Waals surface area contributed by atoms with Gasteiger partial charge in [0.05, 0.1) is 0 Å². The van der Waals surface area contributed by atoms with Crippen molar-refractivity contribution in [2.24, 2.45) is 0 Å². The molecule has 10 heavy (non-hydrogen) atoms. The van der Waals surface area contributed by atoms with Gasteiger partial charge in [0.25, 0.3) is 0 Å². The topological polar surface area (TPSA) is 20.3 Å². The monoisotopic (exact) mass is 203 g/mol. The van der Waals surface area contributed by atoms with E-state index < -0.39 is 0 Å². The zero-order valence-corrected chi connectivity index (χ0v) is 7.71. The van der Waals surface area contributed by atoms with Gasteiger partial charge < -0.3 is 0 Å². The van der Waals surface area contributed by atoms with E-state index in [1.54, 1.807) is 19.0 Å². The van der Waals surface area contributed by atoms with Crippen molar-refractivity contribution in [3.8, 4) is 0 Å². The summed E-state index contributed by atoms with van der Waals surface area (Å²) in [5.41, 5.74) is 0. The molecule has 0 atom stereocenters. The first-order chi connectivity index (χ1) is 4.72. The van der Waals surface area contributed by atoms with Crippen LogP contribution in [-0.2, 0) is 0 Å². The van der Waals surface area contributed by atoms with Crippen molar-refractivity contribution in [1.29, 1.82) is 0 Å². The molecule has 1 amide bonds. The molecule has 0 bridgehead atoms. The Morgan fingerprint density at radius 2 is 2.30 bits per heavy atom. The number of carbonyl (C=O) groups excluding carboxylic acids is 1. The zero-order valence-electron chi connectivity index (χ0n) is 6.00. The van der Waals surface area contributed by atoms with Gasteiger partial charge in [-0.1, -0.05) is 0 Å². The third-order valence-corrected chi connectivity index (χ3v) is 2.94. The summed E-state index contributed by atoms with van der Waals surface area (Å²) in [6, 6.07) is 3.83. The van der Waals surface area contributed by atoms with Crippen LogP contribution in [0.4, 0.5) is 0 Å². The Kier molecular flexibility index (Phi) is 2.30. The van der Waals surface area contributed by atoms with Crippen LogP contribution < -0.4 is 0 Å². The molecule has 1 rings (SSSR count). The summed E-state index contributed by atoms with van der Waals surface area (Å²) in [5.74, 6) is 0.144. The van der Waals surface area contributed by atoms with Crippen LogP contribution in [0, 0.1) is 0 Å². The Morgan fingerprint density at radius 1 is 1.60 bits per heavy atom. The minimum absolute atomic E-state index is 0.144. The van der Waals surface area contributed by atoms with E-state index in [0.29, 0.717) is 0 Å². The van der Waals surface area contributed by atoms with Crippen molar-refractivity contribution in [2.75, 3.05) is 14.1 Å². The average Bonchev–Trinajstić information content (AvgIpc) is 2.36. The summed E-state index contributed by atoms with van der Waals surface area (Å²) in [7, 11) is 3.55. The molecule has 0 spiro atoms. The Bertz CT molecular complexity index is 216. The van der Waals surface area contributed by atoms with Gasteiger partial charge in [0, 0.05) is 0 Å². The van der Waals surface area contributed by atoms with Gasteiger partial charge in [0.1, 0.15) is 0 Å². The molecule has 1 aromatic heterocycles. The summed E-state index contributed by atoms with van der Waals surface area (Å²) in [4.78, 5) is 14.8. The molecule has 0 aliphatic carbocycles. The van der Waals surface area contributed by atoms with E-state index in [9.17, 15) is 4.79 Å². The maximum atomic E-state index is 11.2. The van der Waals surface area contributed by atoms with Crippen LogP contribution in [-0.4, -0.2) is 39.4 Å². The van der Waals surface area contributed by atoms with Crippen molar-refractivity contribution in [3.05, 3.63) is 21.5 Å². The van der Waals surface area contributed by atoms with Crippen LogP contribution in [0.25, 0.3) is 0 Å². The first-order valence-corrected chi connectivity index (χ1v) is 4.81. The molecule has 1 heterocycles. The fourth-order valence-corrected chi connectivity index (χ4v) is 2.18. The molecule has 3 heteroatoms. The van der Waals surface area contributed by atoms with Crippen LogP contribution in [0.15, 0.2) is 17.1 Å². The van der Waals surface area contributed by atoms with E-state index in [1.807, 2.05) is 17.1 Å². The van der Waals surface area contributed by atoms with E-state index in [2.05, 4.69) is 0 Å². The molecule has 1 aromatic rings. The number of nitrogens with zero attached hydrogens (tertiary/aromatic N) is 1. The Hall–Kier alpha value is -0.531. The summed E-state index contributed by atoms with van der Waals surface area (Å²) in [6.45, 7) is 0. The fraction of sp³-hybridized carbons (Fsp3) is 0.286. The van der Waals surface area contributed by atoms with Crippen LogP contribution in [0.5, 0.6) is 0 Å². The van der Waals surface area contributed by atoms with Gasteiger partial charge in [-0.05, 0) is 0 Å². The predicted molar refractivity (Wildman–Crippen MR) is 41.4 cm³/mol. The molecule has 0 aliphatic rings. The predicted octanol–water partition coefficient (Wildman–Crippen LogP) is 0.445. The van der Waals surface area contributed by atoms with Crippen molar-refractivity contribution in [1.82, 2.24) is 4.90 Å². The quantitative estimate of drug-likeness (QED) is 0.605. The Labute approximate surface area is 66.2 Å². The van der Waals surface area contributed by atoms with E-state index in [-0.39, 0.29) is 20.4 Å². The molecular weight excluding hydrogens is 193 g/mol. The number of hydrogen-bond donors (Lipinski definition) is 0.